The summed E-state index contributed by atoms with van der Waals surface area (Å²) in [5.74, 6) is 0. The van der Waals surface area contributed by atoms with E-state index in [1.165, 1.54) is 25.7 Å². The molecule has 0 saturated heterocycles. The van der Waals surface area contributed by atoms with Crippen LogP contribution in [0.25, 0.3) is 0 Å². The second kappa shape index (κ2) is 5.45. The predicted molar refractivity (Wildman–Crippen MR) is 70.4 cm³/mol. The number of aliphatic hydroxyl groups excluding tert-OH is 2. The highest BCUT2D eigenvalue weighted by molar-refractivity contribution is 5.11. The lowest BCUT2D eigenvalue weighted by atomic mass is 9.60. The molecule has 2 atom stereocenters. The fraction of sp³-hybridized carbons (Fsp3) is 1.00. The largest absolute Gasteiger partial charge is 0.394 e. The van der Waals surface area contributed by atoms with Crippen LogP contribution in [0.2, 0.25) is 0 Å². The summed E-state index contributed by atoms with van der Waals surface area (Å²) >= 11 is 0. The lowest BCUT2D eigenvalue weighted by molar-refractivity contribution is -0.139. The molecule has 1 spiro atoms. The van der Waals surface area contributed by atoms with Crippen LogP contribution in [0.1, 0.15) is 46.0 Å². The van der Waals surface area contributed by atoms with Crippen molar-refractivity contribution in [2.45, 2.75) is 63.6 Å². The van der Waals surface area contributed by atoms with Gasteiger partial charge < -0.3 is 20.3 Å². The summed E-state index contributed by atoms with van der Waals surface area (Å²) < 4.78 is 5.86. The second-order valence-electron chi connectivity index (χ2n) is 6.19. The summed E-state index contributed by atoms with van der Waals surface area (Å²) in [5.41, 5.74) is -0.320. The van der Waals surface area contributed by atoms with Gasteiger partial charge in [0.15, 0.2) is 0 Å². The third-order valence-electron chi connectivity index (χ3n) is 4.91. The summed E-state index contributed by atoms with van der Waals surface area (Å²) in [6.07, 6.45) is 6.34. The summed E-state index contributed by atoms with van der Waals surface area (Å²) in [7, 11) is 0. The first-order chi connectivity index (χ1) is 8.60. The van der Waals surface area contributed by atoms with Crippen LogP contribution < -0.4 is 5.32 Å². The lowest BCUT2D eigenvalue weighted by Gasteiger charge is -2.56. The maximum atomic E-state index is 9.40. The van der Waals surface area contributed by atoms with E-state index in [0.717, 1.165) is 13.0 Å². The van der Waals surface area contributed by atoms with E-state index < -0.39 is 5.54 Å². The van der Waals surface area contributed by atoms with Gasteiger partial charge in [0.25, 0.3) is 0 Å². The zero-order chi connectivity index (χ0) is 13.2. The number of rotatable bonds is 6. The monoisotopic (exact) mass is 257 g/mol. The normalized spacial score (nSPS) is 30.7. The summed E-state index contributed by atoms with van der Waals surface area (Å²) in [6, 6.07) is 0.376. The second-order valence-corrected chi connectivity index (χ2v) is 6.19. The van der Waals surface area contributed by atoms with Crippen molar-refractivity contribution < 1.29 is 14.9 Å². The Hall–Kier alpha value is -0.160. The molecule has 106 valence electrons. The SMILES string of the molecule is CCOC1CC(NC(C)(CO)CO)C12CCCC2. The molecule has 4 nitrogen and oxygen atoms in total. The average molecular weight is 257 g/mol. The summed E-state index contributed by atoms with van der Waals surface area (Å²) in [5, 5.41) is 22.3. The molecule has 0 aliphatic heterocycles. The van der Waals surface area contributed by atoms with Crippen LogP contribution in [0, 0.1) is 5.41 Å². The molecule has 0 amide bonds. The van der Waals surface area contributed by atoms with E-state index in [9.17, 15) is 10.2 Å². The fourth-order valence-electron chi connectivity index (χ4n) is 3.65. The summed E-state index contributed by atoms with van der Waals surface area (Å²) in [4.78, 5) is 0. The van der Waals surface area contributed by atoms with E-state index in [0.29, 0.717) is 12.1 Å². The molecule has 4 heteroatoms. The van der Waals surface area contributed by atoms with Gasteiger partial charge in [0, 0.05) is 18.1 Å². The van der Waals surface area contributed by atoms with Crippen LogP contribution in [0.3, 0.4) is 0 Å². The van der Waals surface area contributed by atoms with Crippen molar-refractivity contribution in [1.29, 1.82) is 0 Å². The van der Waals surface area contributed by atoms with Crippen molar-refractivity contribution in [3.63, 3.8) is 0 Å². The highest BCUT2D eigenvalue weighted by Gasteiger charge is 2.57. The molecular formula is C14H27NO3. The van der Waals surface area contributed by atoms with Crippen molar-refractivity contribution in [3.8, 4) is 0 Å². The number of ether oxygens (including phenoxy) is 1. The molecular weight excluding hydrogens is 230 g/mol. The van der Waals surface area contributed by atoms with E-state index in [1.54, 1.807) is 0 Å². The van der Waals surface area contributed by atoms with Gasteiger partial charge in [0.05, 0.1) is 24.9 Å². The quantitative estimate of drug-likeness (QED) is 0.666. The van der Waals surface area contributed by atoms with E-state index in [-0.39, 0.29) is 18.6 Å². The van der Waals surface area contributed by atoms with E-state index >= 15 is 0 Å². The molecule has 2 unspecified atom stereocenters. The molecule has 0 aromatic rings. The zero-order valence-electron chi connectivity index (χ0n) is 11.6. The van der Waals surface area contributed by atoms with Gasteiger partial charge in [-0.25, -0.2) is 0 Å². The van der Waals surface area contributed by atoms with Gasteiger partial charge in [-0.3, -0.25) is 0 Å². The third-order valence-corrected chi connectivity index (χ3v) is 4.91. The smallest absolute Gasteiger partial charge is 0.0661 e. The van der Waals surface area contributed by atoms with Gasteiger partial charge in [-0.05, 0) is 33.1 Å². The fourth-order valence-corrected chi connectivity index (χ4v) is 3.65. The Morgan fingerprint density at radius 2 is 1.89 bits per heavy atom. The Morgan fingerprint density at radius 1 is 1.28 bits per heavy atom. The maximum Gasteiger partial charge on any atom is 0.0661 e. The van der Waals surface area contributed by atoms with Gasteiger partial charge in [-0.2, -0.15) is 0 Å². The molecule has 0 radical (unpaired) electrons. The lowest BCUT2D eigenvalue weighted by Crippen LogP contribution is -2.68. The Labute approximate surface area is 110 Å². The van der Waals surface area contributed by atoms with Gasteiger partial charge in [-0.15, -0.1) is 0 Å². The molecule has 18 heavy (non-hydrogen) atoms. The first-order valence-electron chi connectivity index (χ1n) is 7.21. The van der Waals surface area contributed by atoms with Crippen LogP contribution in [0.5, 0.6) is 0 Å². The highest BCUT2D eigenvalue weighted by Crippen LogP contribution is 2.55. The molecule has 0 aromatic carbocycles. The predicted octanol–water partition coefficient (Wildman–Crippen LogP) is 1.06. The first kappa shape index (κ1) is 14.3. The minimum atomic E-state index is -0.572. The molecule has 0 heterocycles. The number of nitrogens with one attached hydrogen (secondary N) is 1. The molecule has 2 aliphatic rings. The van der Waals surface area contributed by atoms with Crippen LogP contribution in [0.15, 0.2) is 0 Å². The van der Waals surface area contributed by atoms with Crippen molar-refractivity contribution in [1.82, 2.24) is 5.32 Å². The molecule has 2 rings (SSSR count). The minimum absolute atomic E-state index is 0.0324. The number of aliphatic hydroxyl groups is 2. The standard InChI is InChI=1S/C14H27NO3/c1-3-18-12-8-11(14(12)6-4-5-7-14)15-13(2,9-16)10-17/h11-12,15-17H,3-10H2,1-2H3. The van der Waals surface area contributed by atoms with E-state index in [2.05, 4.69) is 12.2 Å². The molecule has 0 aromatic heterocycles. The van der Waals surface area contributed by atoms with Crippen molar-refractivity contribution >= 4 is 0 Å². The van der Waals surface area contributed by atoms with Gasteiger partial charge >= 0.3 is 0 Å². The topological polar surface area (TPSA) is 61.7 Å². The number of hydrogen-bond acceptors (Lipinski definition) is 4. The molecule has 3 N–H and O–H groups in total. The Kier molecular flexibility index (Phi) is 4.32. The van der Waals surface area contributed by atoms with Gasteiger partial charge in [-0.1, -0.05) is 12.8 Å². The molecule has 0 bridgehead atoms. The minimum Gasteiger partial charge on any atom is -0.394 e. The summed E-state index contributed by atoms with van der Waals surface area (Å²) in [6.45, 7) is 4.64. The first-order valence-corrected chi connectivity index (χ1v) is 7.21. The Bertz CT molecular complexity index is 272. The maximum absolute atomic E-state index is 9.40. The third kappa shape index (κ3) is 2.31. The molecule has 2 aliphatic carbocycles. The van der Waals surface area contributed by atoms with Gasteiger partial charge in [0.2, 0.25) is 0 Å². The van der Waals surface area contributed by atoms with Crippen molar-refractivity contribution in [2.24, 2.45) is 5.41 Å². The van der Waals surface area contributed by atoms with Crippen LogP contribution in [-0.2, 0) is 4.74 Å². The van der Waals surface area contributed by atoms with Crippen LogP contribution >= 0.6 is 0 Å². The van der Waals surface area contributed by atoms with Crippen LogP contribution in [-0.4, -0.2) is 47.7 Å². The van der Waals surface area contributed by atoms with Crippen molar-refractivity contribution in [3.05, 3.63) is 0 Å². The molecule has 2 fully saturated rings. The average Bonchev–Trinajstić information content (AvgIpc) is 2.89. The Morgan fingerprint density at radius 3 is 2.39 bits per heavy atom. The zero-order valence-corrected chi connectivity index (χ0v) is 11.6. The van der Waals surface area contributed by atoms with Crippen LogP contribution in [0.4, 0.5) is 0 Å². The van der Waals surface area contributed by atoms with Gasteiger partial charge in [0.1, 0.15) is 0 Å². The Balaban J connectivity index is 2.02. The van der Waals surface area contributed by atoms with Crippen molar-refractivity contribution in [2.75, 3.05) is 19.8 Å². The van der Waals surface area contributed by atoms with E-state index in [4.69, 9.17) is 4.74 Å². The van der Waals surface area contributed by atoms with E-state index in [1.807, 2.05) is 6.92 Å². The molecule has 2 saturated carbocycles. The highest BCUT2D eigenvalue weighted by atomic mass is 16.5. The number of hydrogen-bond donors (Lipinski definition) is 3.